The molecule has 0 saturated carbocycles. The molecule has 0 bridgehead atoms. The van der Waals surface area contributed by atoms with Crippen LogP contribution in [0.4, 0.5) is 0 Å². The average molecular weight is 494 g/mol. The number of hydrogen-bond donors (Lipinski definition) is 2. The maximum Gasteiger partial charge on any atom is 0.272 e. The Morgan fingerprint density at radius 3 is 2.51 bits per heavy atom. The van der Waals surface area contributed by atoms with Gasteiger partial charge in [-0.05, 0) is 43.5 Å². The Kier molecular flexibility index (Phi) is 5.40. The van der Waals surface area contributed by atoms with Crippen LogP contribution in [0.1, 0.15) is 57.5 Å². The van der Waals surface area contributed by atoms with E-state index in [2.05, 4.69) is 15.3 Å². The fraction of sp³-hybridized carbons (Fsp3) is 0.214. The molecule has 0 atom stereocenters. The van der Waals surface area contributed by atoms with E-state index < -0.39 is 17.5 Å². The molecule has 2 N–H and O–H groups in total. The molecule has 1 aliphatic heterocycles. The lowest BCUT2D eigenvalue weighted by molar-refractivity contribution is -0.118. The number of aromatic nitrogens is 3. The molecule has 0 unspecified atom stereocenters. The van der Waals surface area contributed by atoms with Gasteiger partial charge < -0.3 is 15.2 Å². The first-order chi connectivity index (χ1) is 17.9. The molecule has 37 heavy (non-hydrogen) atoms. The summed E-state index contributed by atoms with van der Waals surface area (Å²) in [6.45, 7) is 2.64. The van der Waals surface area contributed by atoms with Gasteiger partial charge in [0.15, 0.2) is 5.78 Å². The minimum atomic E-state index is -0.555. The third-order valence-corrected chi connectivity index (χ3v) is 6.81. The van der Waals surface area contributed by atoms with Crippen LogP contribution in [0.15, 0.2) is 54.2 Å². The van der Waals surface area contributed by atoms with Gasteiger partial charge in [-0.2, -0.15) is 0 Å². The number of H-pyrrole nitrogens is 1. The summed E-state index contributed by atoms with van der Waals surface area (Å²) in [5.74, 6) is -1.58. The number of aromatic amines is 1. The lowest BCUT2D eigenvalue weighted by atomic mass is 9.96. The number of benzene rings is 1. The number of ketones is 2. The zero-order valence-electron chi connectivity index (χ0n) is 20.1. The van der Waals surface area contributed by atoms with Crippen molar-refractivity contribution in [3.63, 3.8) is 0 Å². The van der Waals surface area contributed by atoms with Gasteiger partial charge in [-0.15, -0.1) is 0 Å². The molecule has 4 aromatic rings. The zero-order chi connectivity index (χ0) is 25.7. The van der Waals surface area contributed by atoms with Gasteiger partial charge in [0.1, 0.15) is 17.1 Å². The first-order valence-electron chi connectivity index (χ1n) is 12.2. The van der Waals surface area contributed by atoms with E-state index in [-0.39, 0.29) is 22.9 Å². The van der Waals surface area contributed by atoms with Gasteiger partial charge in [0.2, 0.25) is 11.7 Å². The monoisotopic (exact) mass is 493 g/mol. The molecule has 6 rings (SSSR count). The number of hydrogen-bond acceptors (Lipinski definition) is 6. The van der Waals surface area contributed by atoms with E-state index in [1.54, 1.807) is 12.1 Å². The van der Waals surface area contributed by atoms with Crippen molar-refractivity contribution in [2.24, 2.45) is 0 Å². The summed E-state index contributed by atoms with van der Waals surface area (Å²) in [5.41, 5.74) is 2.58. The highest BCUT2D eigenvalue weighted by atomic mass is 16.2. The third-order valence-electron chi connectivity index (χ3n) is 6.81. The van der Waals surface area contributed by atoms with Crippen LogP contribution in [-0.4, -0.2) is 56.3 Å². The van der Waals surface area contributed by atoms with Crippen LogP contribution in [0.5, 0.6) is 0 Å². The Morgan fingerprint density at radius 1 is 0.946 bits per heavy atom. The van der Waals surface area contributed by atoms with Crippen molar-refractivity contribution >= 4 is 45.2 Å². The molecule has 0 spiro atoms. The van der Waals surface area contributed by atoms with Crippen molar-refractivity contribution in [3.8, 4) is 11.4 Å². The van der Waals surface area contributed by atoms with E-state index >= 15 is 0 Å². The number of fused-ring (bicyclic) bond motifs is 4. The van der Waals surface area contributed by atoms with Crippen molar-refractivity contribution in [1.29, 1.82) is 0 Å². The number of nitrogens with one attached hydrogen (secondary N) is 2. The maximum absolute atomic E-state index is 13.4. The number of pyridine rings is 2. The van der Waals surface area contributed by atoms with Gasteiger partial charge >= 0.3 is 0 Å². The SMILES string of the molecule is CC(=O)NC1=CC(=O)c2ccc(-c3nc(C(=O)N4CCCCC4)cc4c3[nH]c3ccccc34)nc2C1=O. The van der Waals surface area contributed by atoms with E-state index in [9.17, 15) is 19.2 Å². The third kappa shape index (κ3) is 3.88. The number of piperidine rings is 1. The topological polar surface area (TPSA) is 125 Å². The Labute approximate surface area is 211 Å². The predicted octanol–water partition coefficient (Wildman–Crippen LogP) is 3.80. The summed E-state index contributed by atoms with van der Waals surface area (Å²) >= 11 is 0. The van der Waals surface area contributed by atoms with Crippen LogP contribution in [0.3, 0.4) is 0 Å². The van der Waals surface area contributed by atoms with Crippen LogP contribution < -0.4 is 5.32 Å². The number of amides is 2. The molecular formula is C28H23N5O4. The van der Waals surface area contributed by atoms with Crippen LogP contribution in [0, 0.1) is 0 Å². The minimum absolute atomic E-state index is 0.0624. The fourth-order valence-electron chi connectivity index (χ4n) is 5.05. The molecule has 3 aromatic heterocycles. The van der Waals surface area contributed by atoms with Crippen molar-refractivity contribution < 1.29 is 19.2 Å². The number of allylic oxidation sites excluding steroid dienone is 2. The van der Waals surface area contributed by atoms with Crippen molar-refractivity contribution in [3.05, 3.63) is 71.2 Å². The lowest BCUT2D eigenvalue weighted by Crippen LogP contribution is -2.36. The Bertz CT molecular complexity index is 1680. The molecule has 1 aromatic carbocycles. The zero-order valence-corrected chi connectivity index (χ0v) is 20.1. The molecule has 2 aliphatic rings. The smallest absolute Gasteiger partial charge is 0.272 e. The summed E-state index contributed by atoms with van der Waals surface area (Å²) < 4.78 is 0. The standard InChI is InChI=1S/C28H23N5O4/c1-15(34)29-21-14-23(35)17-9-10-20(31-25(17)27(21)36)26-24-18(16-7-3-4-8-19(16)30-24)13-22(32-26)28(37)33-11-5-2-6-12-33/h3-4,7-10,13-14,30H,2,5-6,11-12H2,1H3,(H,29,34). The van der Waals surface area contributed by atoms with Crippen LogP contribution in [0.2, 0.25) is 0 Å². The average Bonchev–Trinajstić information content (AvgIpc) is 3.29. The molecule has 0 radical (unpaired) electrons. The summed E-state index contributed by atoms with van der Waals surface area (Å²) in [4.78, 5) is 65.2. The second-order valence-electron chi connectivity index (χ2n) is 9.33. The lowest BCUT2D eigenvalue weighted by Gasteiger charge is -2.26. The number of para-hydroxylation sites is 1. The largest absolute Gasteiger partial charge is 0.353 e. The molecule has 1 aliphatic carbocycles. The summed E-state index contributed by atoms with van der Waals surface area (Å²) in [7, 11) is 0. The highest BCUT2D eigenvalue weighted by molar-refractivity contribution is 6.24. The van der Waals surface area contributed by atoms with E-state index in [4.69, 9.17) is 4.98 Å². The number of nitrogens with zero attached hydrogens (tertiary/aromatic N) is 3. The molecule has 4 heterocycles. The highest BCUT2D eigenvalue weighted by Crippen LogP contribution is 2.33. The van der Waals surface area contributed by atoms with Crippen molar-refractivity contribution in [1.82, 2.24) is 25.2 Å². The molecule has 184 valence electrons. The number of likely N-dealkylation sites (tertiary alicyclic amines) is 1. The Morgan fingerprint density at radius 2 is 1.73 bits per heavy atom. The summed E-state index contributed by atoms with van der Waals surface area (Å²) in [5, 5.41) is 4.17. The Balaban J connectivity index is 1.53. The molecule has 1 fully saturated rings. The molecule has 9 heteroatoms. The maximum atomic E-state index is 13.4. The predicted molar refractivity (Wildman–Crippen MR) is 137 cm³/mol. The summed E-state index contributed by atoms with van der Waals surface area (Å²) in [6.07, 6.45) is 4.13. The quantitative estimate of drug-likeness (QED) is 0.447. The normalized spacial score (nSPS) is 15.6. The van der Waals surface area contributed by atoms with Gasteiger partial charge in [-0.1, -0.05) is 18.2 Å². The second-order valence-corrected chi connectivity index (χ2v) is 9.33. The van der Waals surface area contributed by atoms with Gasteiger partial charge in [0.05, 0.1) is 22.5 Å². The number of rotatable bonds is 3. The summed E-state index contributed by atoms with van der Waals surface area (Å²) in [6, 6.07) is 12.7. The minimum Gasteiger partial charge on any atom is -0.353 e. The van der Waals surface area contributed by atoms with E-state index in [0.29, 0.717) is 35.7 Å². The molecular weight excluding hydrogens is 470 g/mol. The highest BCUT2D eigenvalue weighted by Gasteiger charge is 2.29. The van der Waals surface area contributed by atoms with Gasteiger partial charge in [-0.25, -0.2) is 9.97 Å². The first kappa shape index (κ1) is 22.8. The van der Waals surface area contributed by atoms with E-state index in [1.165, 1.54) is 13.0 Å². The van der Waals surface area contributed by atoms with E-state index in [1.807, 2.05) is 29.2 Å². The fourth-order valence-corrected chi connectivity index (χ4v) is 5.05. The van der Waals surface area contributed by atoms with E-state index in [0.717, 1.165) is 41.6 Å². The van der Waals surface area contributed by atoms with Crippen LogP contribution >= 0.6 is 0 Å². The van der Waals surface area contributed by atoms with Gasteiger partial charge in [0, 0.05) is 42.4 Å². The number of carbonyl (C=O) groups excluding carboxylic acids is 4. The van der Waals surface area contributed by atoms with Crippen molar-refractivity contribution in [2.45, 2.75) is 26.2 Å². The van der Waals surface area contributed by atoms with Crippen LogP contribution in [-0.2, 0) is 4.79 Å². The van der Waals surface area contributed by atoms with Gasteiger partial charge in [0.25, 0.3) is 5.91 Å². The van der Waals surface area contributed by atoms with Gasteiger partial charge in [-0.3, -0.25) is 19.2 Å². The molecule has 1 saturated heterocycles. The second kappa shape index (κ2) is 8.77. The van der Waals surface area contributed by atoms with Crippen molar-refractivity contribution in [2.75, 3.05) is 13.1 Å². The number of Topliss-reactive ketones (excluding diaryl/α,β-unsaturated/α-hetero) is 1. The number of carbonyl (C=O) groups is 4. The van der Waals surface area contributed by atoms with Crippen LogP contribution in [0.25, 0.3) is 33.2 Å². The molecule has 9 nitrogen and oxygen atoms in total. The first-order valence-corrected chi connectivity index (χ1v) is 12.2. The Hall–Kier alpha value is -4.66. The molecule has 2 amide bonds.